The smallest absolute Gasteiger partial charge is 0.344 e. The number of aromatic nitrogens is 1. The number of aryl methyl sites for hydroxylation is 4. The van der Waals surface area contributed by atoms with Gasteiger partial charge in [-0.2, -0.15) is 0 Å². The number of carbonyl (C=O) groups is 2. The number of hydrogen-bond donors (Lipinski definition) is 0. The van der Waals surface area contributed by atoms with Gasteiger partial charge >= 0.3 is 5.97 Å². The summed E-state index contributed by atoms with van der Waals surface area (Å²) < 4.78 is 12.6. The fourth-order valence-corrected chi connectivity index (χ4v) is 3.54. The molecule has 0 amide bonds. The molecular weight excluding hydrogens is 390 g/mol. The van der Waals surface area contributed by atoms with Gasteiger partial charge in [0, 0.05) is 22.6 Å². The second-order valence-electron chi connectivity index (χ2n) is 7.76. The third-order valence-corrected chi connectivity index (χ3v) is 5.53. The number of Topliss-reactive ketones (excluding diaryl/α,β-unsaturated/α-hetero) is 1. The van der Waals surface area contributed by atoms with E-state index in [4.69, 9.17) is 9.47 Å². The van der Waals surface area contributed by atoms with Crippen molar-refractivity contribution in [1.82, 2.24) is 4.57 Å². The predicted octanol–water partition coefficient (Wildman–Crippen LogP) is 5.08. The average molecular weight is 420 g/mol. The molecule has 3 aromatic rings. The van der Waals surface area contributed by atoms with Crippen LogP contribution in [0.25, 0.3) is 5.69 Å². The molecule has 1 aromatic heterocycles. The lowest BCUT2D eigenvalue weighted by atomic mass is 10.1. The zero-order valence-corrected chi connectivity index (χ0v) is 18.8. The predicted molar refractivity (Wildman–Crippen MR) is 121 cm³/mol. The molecule has 0 fully saturated rings. The van der Waals surface area contributed by atoms with Gasteiger partial charge in [-0.25, -0.2) is 4.79 Å². The second kappa shape index (κ2) is 9.65. The lowest BCUT2D eigenvalue weighted by Gasteiger charge is -2.12. The number of nitrogens with zero attached hydrogens (tertiary/aromatic N) is 1. The molecule has 0 aliphatic carbocycles. The van der Waals surface area contributed by atoms with E-state index in [1.54, 1.807) is 0 Å². The van der Waals surface area contributed by atoms with Gasteiger partial charge in [0.05, 0.1) is 0 Å². The van der Waals surface area contributed by atoms with Crippen LogP contribution >= 0.6 is 0 Å². The maximum atomic E-state index is 12.7. The minimum absolute atomic E-state index is 0.233. The highest BCUT2D eigenvalue weighted by Gasteiger charge is 2.18. The first-order valence-electron chi connectivity index (χ1n) is 10.5. The third-order valence-electron chi connectivity index (χ3n) is 5.53. The lowest BCUT2D eigenvalue weighted by Crippen LogP contribution is -2.19. The van der Waals surface area contributed by atoms with Crippen LogP contribution in [-0.4, -0.2) is 29.5 Å². The van der Waals surface area contributed by atoms with Crippen molar-refractivity contribution >= 4 is 11.8 Å². The Morgan fingerprint density at radius 2 is 1.58 bits per heavy atom. The first-order chi connectivity index (χ1) is 14.8. The van der Waals surface area contributed by atoms with Crippen molar-refractivity contribution in [3.63, 3.8) is 0 Å². The molecule has 0 atom stereocenters. The van der Waals surface area contributed by atoms with Crippen LogP contribution in [0.5, 0.6) is 5.75 Å². The molecule has 0 N–H and O–H groups in total. The largest absolute Gasteiger partial charge is 0.482 e. The lowest BCUT2D eigenvalue weighted by molar-refractivity contribution is -0.144. The van der Waals surface area contributed by atoms with Crippen molar-refractivity contribution in [3.05, 3.63) is 82.2 Å². The number of hydrogen-bond acceptors (Lipinski definition) is 4. The molecule has 0 radical (unpaired) electrons. The fraction of sp³-hybridized carbons (Fsp3) is 0.308. The van der Waals surface area contributed by atoms with Crippen LogP contribution in [0.3, 0.4) is 0 Å². The fourth-order valence-electron chi connectivity index (χ4n) is 3.54. The first-order valence-corrected chi connectivity index (χ1v) is 10.5. The van der Waals surface area contributed by atoms with Gasteiger partial charge in [-0.15, -0.1) is 0 Å². The van der Waals surface area contributed by atoms with Crippen molar-refractivity contribution in [2.45, 2.75) is 41.0 Å². The van der Waals surface area contributed by atoms with E-state index in [-0.39, 0.29) is 19.0 Å². The molecule has 31 heavy (non-hydrogen) atoms. The standard InChI is InChI=1S/C26H29NO4/c1-6-21-8-11-23(12-9-21)30-16-26(29)31-15-25(28)24-14-19(4)27(20(24)5)22-10-7-17(2)18(3)13-22/h7-14H,6,15-16H2,1-5H3. The van der Waals surface area contributed by atoms with E-state index < -0.39 is 5.97 Å². The zero-order chi connectivity index (χ0) is 22.5. The van der Waals surface area contributed by atoms with E-state index in [1.807, 2.05) is 54.8 Å². The van der Waals surface area contributed by atoms with Crippen LogP contribution in [0.15, 0.2) is 48.5 Å². The molecule has 0 aliphatic rings. The van der Waals surface area contributed by atoms with E-state index in [0.717, 1.165) is 23.5 Å². The zero-order valence-electron chi connectivity index (χ0n) is 18.8. The number of carbonyl (C=O) groups excluding carboxylic acids is 2. The van der Waals surface area contributed by atoms with E-state index in [9.17, 15) is 9.59 Å². The van der Waals surface area contributed by atoms with Crippen LogP contribution in [0.1, 0.15) is 45.4 Å². The maximum absolute atomic E-state index is 12.7. The molecule has 0 aliphatic heterocycles. The molecular formula is C26H29NO4. The summed E-state index contributed by atoms with van der Waals surface area (Å²) in [5, 5.41) is 0. The average Bonchev–Trinajstić information content (AvgIpc) is 3.07. The Bertz CT molecular complexity index is 1090. The molecule has 162 valence electrons. The van der Waals surface area contributed by atoms with Crippen molar-refractivity contribution < 1.29 is 19.1 Å². The minimum atomic E-state index is -0.573. The van der Waals surface area contributed by atoms with Gasteiger partial charge < -0.3 is 14.0 Å². The minimum Gasteiger partial charge on any atom is -0.482 e. The summed E-state index contributed by atoms with van der Waals surface area (Å²) in [7, 11) is 0. The highest BCUT2D eigenvalue weighted by atomic mass is 16.6. The summed E-state index contributed by atoms with van der Waals surface area (Å²) in [4.78, 5) is 24.7. The van der Waals surface area contributed by atoms with Crippen molar-refractivity contribution in [2.75, 3.05) is 13.2 Å². The summed E-state index contributed by atoms with van der Waals surface area (Å²) in [6.45, 7) is 9.53. The highest BCUT2D eigenvalue weighted by molar-refractivity contribution is 5.99. The van der Waals surface area contributed by atoms with Crippen LogP contribution in [-0.2, 0) is 16.0 Å². The van der Waals surface area contributed by atoms with Gasteiger partial charge in [-0.3, -0.25) is 4.79 Å². The van der Waals surface area contributed by atoms with Gasteiger partial charge in [0.25, 0.3) is 0 Å². The topological polar surface area (TPSA) is 57.5 Å². The normalized spacial score (nSPS) is 10.7. The van der Waals surface area contributed by atoms with Crippen LogP contribution in [0, 0.1) is 27.7 Å². The number of benzene rings is 2. The number of esters is 1. The molecule has 1 heterocycles. The first kappa shape index (κ1) is 22.3. The van der Waals surface area contributed by atoms with E-state index in [2.05, 4.69) is 32.9 Å². The number of rotatable bonds is 8. The molecule has 3 rings (SSSR count). The summed E-state index contributed by atoms with van der Waals surface area (Å²) in [5.41, 5.74) is 6.95. The molecule has 0 spiro atoms. The number of ketones is 1. The van der Waals surface area contributed by atoms with Crippen LogP contribution in [0.2, 0.25) is 0 Å². The summed E-state index contributed by atoms with van der Waals surface area (Å²) in [5.74, 6) is -0.211. The Balaban J connectivity index is 1.61. The molecule has 5 heteroatoms. The molecule has 0 saturated heterocycles. The van der Waals surface area contributed by atoms with Crippen molar-refractivity contribution in [3.8, 4) is 11.4 Å². The second-order valence-corrected chi connectivity index (χ2v) is 7.76. The molecule has 2 aromatic carbocycles. The van der Waals surface area contributed by atoms with Crippen LogP contribution < -0.4 is 4.74 Å². The SMILES string of the molecule is CCc1ccc(OCC(=O)OCC(=O)c2cc(C)n(-c3ccc(C)c(C)c3)c2C)cc1. The van der Waals surface area contributed by atoms with E-state index in [1.165, 1.54) is 16.7 Å². The summed E-state index contributed by atoms with van der Waals surface area (Å²) >= 11 is 0. The molecule has 0 unspecified atom stereocenters. The summed E-state index contributed by atoms with van der Waals surface area (Å²) in [6.07, 6.45) is 0.939. The molecule has 0 bridgehead atoms. The Hall–Kier alpha value is -3.34. The Kier molecular flexibility index (Phi) is 6.95. The van der Waals surface area contributed by atoms with Gasteiger partial charge in [-0.05, 0) is 81.1 Å². The van der Waals surface area contributed by atoms with Gasteiger partial charge in [0.2, 0.25) is 5.78 Å². The monoisotopic (exact) mass is 419 g/mol. The Morgan fingerprint density at radius 3 is 2.23 bits per heavy atom. The maximum Gasteiger partial charge on any atom is 0.344 e. The van der Waals surface area contributed by atoms with E-state index >= 15 is 0 Å². The van der Waals surface area contributed by atoms with Crippen LogP contribution in [0.4, 0.5) is 0 Å². The van der Waals surface area contributed by atoms with Gasteiger partial charge in [0.1, 0.15) is 5.75 Å². The summed E-state index contributed by atoms with van der Waals surface area (Å²) in [6, 6.07) is 15.6. The Labute approximate surface area is 183 Å². The Morgan fingerprint density at radius 1 is 0.871 bits per heavy atom. The van der Waals surface area contributed by atoms with Crippen molar-refractivity contribution in [1.29, 1.82) is 0 Å². The number of ether oxygens (including phenoxy) is 2. The molecule has 5 nitrogen and oxygen atoms in total. The van der Waals surface area contributed by atoms with Gasteiger partial charge in [0.15, 0.2) is 13.2 Å². The highest BCUT2D eigenvalue weighted by Crippen LogP contribution is 2.23. The van der Waals surface area contributed by atoms with E-state index in [0.29, 0.717) is 11.3 Å². The third kappa shape index (κ3) is 5.23. The van der Waals surface area contributed by atoms with Crippen molar-refractivity contribution in [2.24, 2.45) is 0 Å². The molecule has 0 saturated carbocycles. The van der Waals surface area contributed by atoms with Gasteiger partial charge in [-0.1, -0.05) is 25.1 Å². The quantitative estimate of drug-likeness (QED) is 0.377.